The lowest BCUT2D eigenvalue weighted by Gasteiger charge is -2.45. The van der Waals surface area contributed by atoms with Gasteiger partial charge in [-0.25, -0.2) is 0 Å². The first-order valence-electron chi connectivity index (χ1n) is 7.82. The molecule has 1 aliphatic heterocycles. The maximum absolute atomic E-state index is 6.25. The van der Waals surface area contributed by atoms with Gasteiger partial charge < -0.3 is 10.6 Å². The summed E-state index contributed by atoms with van der Waals surface area (Å²) in [5.74, 6) is 1.52. The Hall–Kier alpha value is -1.51. The maximum Gasteiger partial charge on any atom is 0.196 e. The molecule has 0 amide bonds. The molecule has 1 spiro atoms. The first-order valence-corrected chi connectivity index (χ1v) is 7.82. The summed E-state index contributed by atoms with van der Waals surface area (Å²) >= 11 is 0. The molecular formula is C17H25N3. The van der Waals surface area contributed by atoms with Crippen LogP contribution in [0.1, 0.15) is 44.6 Å². The summed E-state index contributed by atoms with van der Waals surface area (Å²) in [4.78, 5) is 6.94. The third-order valence-electron chi connectivity index (χ3n) is 5.10. The highest BCUT2D eigenvalue weighted by atomic mass is 15.4. The second-order valence-electron chi connectivity index (χ2n) is 6.39. The summed E-state index contributed by atoms with van der Waals surface area (Å²) in [6.07, 6.45) is 6.36. The number of guanidine groups is 1. The Kier molecular flexibility index (Phi) is 3.45. The van der Waals surface area contributed by atoms with Gasteiger partial charge in [0, 0.05) is 5.69 Å². The fourth-order valence-corrected chi connectivity index (χ4v) is 3.96. The van der Waals surface area contributed by atoms with Crippen molar-refractivity contribution < 1.29 is 0 Å². The number of aliphatic imine (C=N–C) groups is 1. The average Bonchev–Trinajstić information content (AvgIpc) is 2.76. The van der Waals surface area contributed by atoms with Gasteiger partial charge >= 0.3 is 0 Å². The van der Waals surface area contributed by atoms with Crippen LogP contribution in [0.25, 0.3) is 0 Å². The molecule has 2 aliphatic rings. The van der Waals surface area contributed by atoms with Gasteiger partial charge in [-0.2, -0.15) is 0 Å². The van der Waals surface area contributed by atoms with Crippen LogP contribution in [0.5, 0.6) is 0 Å². The van der Waals surface area contributed by atoms with E-state index in [0.717, 1.165) is 12.5 Å². The van der Waals surface area contributed by atoms with Crippen molar-refractivity contribution in [2.45, 2.75) is 51.5 Å². The van der Waals surface area contributed by atoms with E-state index in [4.69, 9.17) is 5.73 Å². The van der Waals surface area contributed by atoms with Gasteiger partial charge in [-0.1, -0.05) is 44.4 Å². The molecule has 0 bridgehead atoms. The SMILES string of the molecule is CCC1CCCC2(CN=C(N)N2c2ccccc2C)C1. The van der Waals surface area contributed by atoms with E-state index in [1.54, 1.807) is 0 Å². The quantitative estimate of drug-likeness (QED) is 0.895. The van der Waals surface area contributed by atoms with Crippen molar-refractivity contribution in [1.82, 2.24) is 0 Å². The van der Waals surface area contributed by atoms with Gasteiger partial charge in [-0.3, -0.25) is 4.99 Å². The summed E-state index contributed by atoms with van der Waals surface area (Å²) in [6, 6.07) is 8.53. The van der Waals surface area contributed by atoms with Crippen LogP contribution in [0.3, 0.4) is 0 Å². The molecule has 1 fully saturated rings. The predicted molar refractivity (Wildman–Crippen MR) is 85.1 cm³/mol. The molecule has 2 unspecified atom stereocenters. The zero-order valence-corrected chi connectivity index (χ0v) is 12.6. The third-order valence-corrected chi connectivity index (χ3v) is 5.10. The first kappa shape index (κ1) is 13.5. The van der Waals surface area contributed by atoms with E-state index in [-0.39, 0.29) is 5.54 Å². The number of nitrogens with zero attached hydrogens (tertiary/aromatic N) is 2. The molecule has 0 saturated heterocycles. The zero-order chi connectivity index (χ0) is 14.2. The molecular weight excluding hydrogens is 246 g/mol. The van der Waals surface area contributed by atoms with Gasteiger partial charge in [0.2, 0.25) is 0 Å². The molecule has 108 valence electrons. The molecule has 2 N–H and O–H groups in total. The van der Waals surface area contributed by atoms with Crippen molar-refractivity contribution in [1.29, 1.82) is 0 Å². The lowest BCUT2D eigenvalue weighted by molar-refractivity contribution is 0.235. The first-order chi connectivity index (χ1) is 9.66. The maximum atomic E-state index is 6.25. The second kappa shape index (κ2) is 5.12. The summed E-state index contributed by atoms with van der Waals surface area (Å²) in [7, 11) is 0. The van der Waals surface area contributed by atoms with Crippen LogP contribution in [0.2, 0.25) is 0 Å². The highest BCUT2D eigenvalue weighted by Crippen LogP contribution is 2.43. The zero-order valence-electron chi connectivity index (χ0n) is 12.6. The molecule has 3 heteroatoms. The number of anilines is 1. The minimum Gasteiger partial charge on any atom is -0.369 e. The van der Waals surface area contributed by atoms with Gasteiger partial charge in [0.25, 0.3) is 0 Å². The van der Waals surface area contributed by atoms with Gasteiger partial charge in [0.05, 0.1) is 12.1 Å². The highest BCUT2D eigenvalue weighted by molar-refractivity contribution is 5.99. The molecule has 2 atom stereocenters. The smallest absolute Gasteiger partial charge is 0.196 e. The molecule has 1 aliphatic carbocycles. The van der Waals surface area contributed by atoms with Crippen LogP contribution in [0.15, 0.2) is 29.3 Å². The Morgan fingerprint density at radius 2 is 2.20 bits per heavy atom. The number of aryl methyl sites for hydroxylation is 1. The van der Waals surface area contributed by atoms with E-state index < -0.39 is 0 Å². The molecule has 1 aromatic rings. The fraction of sp³-hybridized carbons (Fsp3) is 0.588. The lowest BCUT2D eigenvalue weighted by atomic mass is 9.74. The molecule has 0 radical (unpaired) electrons. The number of benzene rings is 1. The van der Waals surface area contributed by atoms with Crippen LogP contribution in [-0.4, -0.2) is 18.0 Å². The Labute approximate surface area is 121 Å². The summed E-state index contributed by atoms with van der Waals surface area (Å²) in [6.45, 7) is 5.33. The van der Waals surface area contributed by atoms with Crippen molar-refractivity contribution in [3.8, 4) is 0 Å². The topological polar surface area (TPSA) is 41.6 Å². The van der Waals surface area contributed by atoms with Crippen molar-refractivity contribution >= 4 is 11.6 Å². The van der Waals surface area contributed by atoms with Gasteiger partial charge in [-0.15, -0.1) is 0 Å². The van der Waals surface area contributed by atoms with E-state index in [9.17, 15) is 0 Å². The van der Waals surface area contributed by atoms with Crippen molar-refractivity contribution in [3.63, 3.8) is 0 Å². The lowest BCUT2D eigenvalue weighted by Crippen LogP contribution is -2.54. The fourth-order valence-electron chi connectivity index (χ4n) is 3.96. The monoisotopic (exact) mass is 271 g/mol. The van der Waals surface area contributed by atoms with E-state index in [1.165, 1.54) is 43.4 Å². The Morgan fingerprint density at radius 1 is 1.40 bits per heavy atom. The third kappa shape index (κ3) is 2.09. The standard InChI is InChI=1S/C17H25N3/c1-3-14-8-6-10-17(11-14)12-19-16(18)20(17)15-9-5-4-7-13(15)2/h4-5,7,9,14H,3,6,8,10-12H2,1-2H3,(H2,18,19). The number of rotatable bonds is 2. The molecule has 20 heavy (non-hydrogen) atoms. The number of hydrogen-bond acceptors (Lipinski definition) is 3. The Balaban J connectivity index is 1.98. The van der Waals surface area contributed by atoms with Gasteiger partial charge in [-0.05, 0) is 37.3 Å². The Morgan fingerprint density at radius 3 is 2.95 bits per heavy atom. The van der Waals surface area contributed by atoms with Crippen molar-refractivity contribution in [3.05, 3.63) is 29.8 Å². The normalized spacial score (nSPS) is 29.8. The molecule has 3 nitrogen and oxygen atoms in total. The van der Waals surface area contributed by atoms with Gasteiger partial charge in [0.15, 0.2) is 5.96 Å². The van der Waals surface area contributed by atoms with Crippen molar-refractivity contribution in [2.75, 3.05) is 11.4 Å². The van der Waals surface area contributed by atoms with E-state index in [1.807, 2.05) is 0 Å². The number of hydrogen-bond donors (Lipinski definition) is 1. The minimum absolute atomic E-state index is 0.134. The molecule has 3 rings (SSSR count). The van der Waals surface area contributed by atoms with Gasteiger partial charge in [0.1, 0.15) is 0 Å². The molecule has 1 aromatic carbocycles. The van der Waals surface area contributed by atoms with E-state index >= 15 is 0 Å². The van der Waals surface area contributed by atoms with Crippen LogP contribution in [0, 0.1) is 12.8 Å². The minimum atomic E-state index is 0.134. The average molecular weight is 271 g/mol. The van der Waals surface area contributed by atoms with Crippen LogP contribution in [0.4, 0.5) is 5.69 Å². The number of para-hydroxylation sites is 1. The predicted octanol–water partition coefficient (Wildman–Crippen LogP) is 3.47. The van der Waals surface area contributed by atoms with E-state index in [2.05, 4.69) is 48.0 Å². The summed E-state index contributed by atoms with van der Waals surface area (Å²) < 4.78 is 0. The van der Waals surface area contributed by atoms with Crippen LogP contribution in [-0.2, 0) is 0 Å². The van der Waals surface area contributed by atoms with Crippen LogP contribution < -0.4 is 10.6 Å². The molecule has 1 heterocycles. The van der Waals surface area contributed by atoms with Crippen LogP contribution >= 0.6 is 0 Å². The second-order valence-corrected chi connectivity index (χ2v) is 6.39. The Bertz CT molecular complexity index is 523. The molecule has 0 aromatic heterocycles. The molecule has 1 saturated carbocycles. The van der Waals surface area contributed by atoms with E-state index in [0.29, 0.717) is 5.96 Å². The number of nitrogens with two attached hydrogens (primary N) is 1. The largest absolute Gasteiger partial charge is 0.369 e. The highest BCUT2D eigenvalue weighted by Gasteiger charge is 2.46. The summed E-state index contributed by atoms with van der Waals surface area (Å²) in [5, 5.41) is 0. The summed E-state index contributed by atoms with van der Waals surface area (Å²) in [5.41, 5.74) is 8.90. The van der Waals surface area contributed by atoms with Crippen molar-refractivity contribution in [2.24, 2.45) is 16.6 Å².